The van der Waals surface area contributed by atoms with E-state index in [1.807, 2.05) is 57.2 Å². The van der Waals surface area contributed by atoms with Crippen LogP contribution in [0.1, 0.15) is 32.0 Å². The van der Waals surface area contributed by atoms with E-state index >= 15 is 0 Å². The maximum absolute atomic E-state index is 12.5. The number of ether oxygens (including phenoxy) is 1. The van der Waals surface area contributed by atoms with Crippen LogP contribution in [0.15, 0.2) is 54.6 Å². The maximum atomic E-state index is 12.5. The molecule has 0 saturated heterocycles. The van der Waals surface area contributed by atoms with Gasteiger partial charge in [-0.1, -0.05) is 45.0 Å². The smallest absolute Gasteiger partial charge is 0.311 e. The van der Waals surface area contributed by atoms with Crippen molar-refractivity contribution in [2.75, 3.05) is 11.9 Å². The van der Waals surface area contributed by atoms with Crippen molar-refractivity contribution in [2.45, 2.75) is 33.1 Å². The predicted molar refractivity (Wildman–Crippen MR) is 114 cm³/mol. The number of carbonyl (C=O) groups is 1. The van der Waals surface area contributed by atoms with Crippen molar-refractivity contribution in [2.24, 2.45) is 0 Å². The molecule has 0 saturated carbocycles. The van der Waals surface area contributed by atoms with Gasteiger partial charge in [-0.3, -0.25) is 14.9 Å². The molecule has 0 fully saturated rings. The van der Waals surface area contributed by atoms with Gasteiger partial charge in [0.25, 0.3) is 5.91 Å². The second-order valence-electron chi connectivity index (χ2n) is 7.98. The van der Waals surface area contributed by atoms with E-state index < -0.39 is 10.8 Å². The first-order chi connectivity index (χ1) is 14.1. The van der Waals surface area contributed by atoms with Crippen molar-refractivity contribution < 1.29 is 14.5 Å². The molecule has 2 aromatic carbocycles. The van der Waals surface area contributed by atoms with Crippen molar-refractivity contribution >= 4 is 17.4 Å². The van der Waals surface area contributed by atoms with E-state index in [1.165, 1.54) is 12.1 Å². The van der Waals surface area contributed by atoms with Crippen molar-refractivity contribution in [1.82, 2.24) is 9.78 Å². The van der Waals surface area contributed by atoms with Crippen LogP contribution >= 0.6 is 0 Å². The van der Waals surface area contributed by atoms with Gasteiger partial charge < -0.3 is 10.1 Å². The van der Waals surface area contributed by atoms with Crippen LogP contribution < -0.4 is 10.1 Å². The van der Waals surface area contributed by atoms with Gasteiger partial charge in [0.2, 0.25) is 0 Å². The number of benzene rings is 2. The van der Waals surface area contributed by atoms with Crippen molar-refractivity contribution in [3.8, 4) is 11.4 Å². The molecule has 156 valence electrons. The number of para-hydroxylation sites is 1. The Bertz CT molecular complexity index is 1070. The summed E-state index contributed by atoms with van der Waals surface area (Å²) < 4.78 is 7.08. The Morgan fingerprint density at radius 1 is 1.17 bits per heavy atom. The van der Waals surface area contributed by atoms with Crippen molar-refractivity contribution in [3.63, 3.8) is 0 Å². The van der Waals surface area contributed by atoms with E-state index in [1.54, 1.807) is 17.7 Å². The number of aromatic nitrogens is 2. The van der Waals surface area contributed by atoms with E-state index in [0.29, 0.717) is 5.82 Å². The lowest BCUT2D eigenvalue weighted by atomic mass is 9.92. The van der Waals surface area contributed by atoms with Gasteiger partial charge in [0.05, 0.1) is 16.3 Å². The fraction of sp³-hybridized carbons (Fsp3) is 0.273. The number of hydrogen-bond donors (Lipinski definition) is 1. The van der Waals surface area contributed by atoms with E-state index in [-0.39, 0.29) is 23.5 Å². The molecule has 0 aliphatic heterocycles. The molecule has 3 rings (SSSR count). The summed E-state index contributed by atoms with van der Waals surface area (Å²) in [6.45, 7) is 7.50. The summed E-state index contributed by atoms with van der Waals surface area (Å²) in [7, 11) is 0. The summed E-state index contributed by atoms with van der Waals surface area (Å²) in [6, 6.07) is 15.9. The van der Waals surface area contributed by atoms with Crippen LogP contribution in [0.2, 0.25) is 0 Å². The summed E-state index contributed by atoms with van der Waals surface area (Å²) in [6.07, 6.45) is 0. The third kappa shape index (κ3) is 4.83. The first-order valence-electron chi connectivity index (χ1n) is 9.49. The van der Waals surface area contributed by atoms with Crippen LogP contribution in [-0.2, 0) is 10.2 Å². The third-order valence-electron chi connectivity index (χ3n) is 4.42. The number of carbonyl (C=O) groups excluding carboxylic acids is 1. The second-order valence-corrected chi connectivity index (χ2v) is 7.98. The molecular weight excluding hydrogens is 384 g/mol. The highest BCUT2D eigenvalue weighted by Crippen LogP contribution is 2.28. The van der Waals surface area contributed by atoms with Gasteiger partial charge in [-0.15, -0.1) is 0 Å². The van der Waals surface area contributed by atoms with Gasteiger partial charge in [-0.05, 0) is 30.7 Å². The fourth-order valence-electron chi connectivity index (χ4n) is 2.82. The first kappa shape index (κ1) is 21.0. The minimum atomic E-state index is -0.527. The van der Waals surface area contributed by atoms with Crippen LogP contribution in [0.5, 0.6) is 5.75 Å². The van der Waals surface area contributed by atoms with E-state index in [2.05, 4.69) is 10.4 Å². The van der Waals surface area contributed by atoms with Crippen LogP contribution in [0.3, 0.4) is 0 Å². The standard InChI is InChI=1S/C22H24N4O4/c1-15-10-11-18(17(12-15)26(28)29)30-14-21(27)23-20-13-19(22(2,3)4)24-25(20)16-8-6-5-7-9-16/h5-13H,14H2,1-4H3,(H,23,27). The second kappa shape index (κ2) is 8.36. The zero-order chi connectivity index (χ0) is 21.9. The van der Waals surface area contributed by atoms with E-state index in [9.17, 15) is 14.9 Å². The fourth-order valence-corrected chi connectivity index (χ4v) is 2.82. The lowest BCUT2D eigenvalue weighted by molar-refractivity contribution is -0.385. The van der Waals surface area contributed by atoms with Crippen molar-refractivity contribution in [3.05, 3.63) is 76.0 Å². The SMILES string of the molecule is Cc1ccc(OCC(=O)Nc2cc(C(C)(C)C)nn2-c2ccccc2)c([N+](=O)[O-])c1. The minimum Gasteiger partial charge on any atom is -0.477 e. The molecule has 30 heavy (non-hydrogen) atoms. The average Bonchev–Trinajstić information content (AvgIpc) is 3.11. The molecule has 0 spiro atoms. The third-order valence-corrected chi connectivity index (χ3v) is 4.42. The number of nitro benzene ring substituents is 1. The largest absolute Gasteiger partial charge is 0.477 e. The van der Waals surface area contributed by atoms with Gasteiger partial charge in [-0.2, -0.15) is 5.10 Å². The highest BCUT2D eigenvalue weighted by Gasteiger charge is 2.22. The Morgan fingerprint density at radius 3 is 2.50 bits per heavy atom. The first-order valence-corrected chi connectivity index (χ1v) is 9.49. The molecule has 1 N–H and O–H groups in total. The summed E-state index contributed by atoms with van der Waals surface area (Å²) in [5, 5.41) is 18.7. The topological polar surface area (TPSA) is 99.3 Å². The monoisotopic (exact) mass is 408 g/mol. The zero-order valence-corrected chi connectivity index (χ0v) is 17.4. The molecule has 8 heteroatoms. The van der Waals surface area contributed by atoms with Crippen LogP contribution in [0, 0.1) is 17.0 Å². The van der Waals surface area contributed by atoms with Gasteiger partial charge in [-0.25, -0.2) is 4.68 Å². The number of nitrogens with one attached hydrogen (secondary N) is 1. The Hall–Kier alpha value is -3.68. The average molecular weight is 408 g/mol. The number of anilines is 1. The number of hydrogen-bond acceptors (Lipinski definition) is 5. The molecule has 0 radical (unpaired) electrons. The number of aryl methyl sites for hydroxylation is 1. The minimum absolute atomic E-state index is 0.0488. The highest BCUT2D eigenvalue weighted by atomic mass is 16.6. The lowest BCUT2D eigenvalue weighted by Crippen LogP contribution is -2.22. The summed E-state index contributed by atoms with van der Waals surface area (Å²) >= 11 is 0. The van der Waals surface area contributed by atoms with Gasteiger partial charge in [0.15, 0.2) is 12.4 Å². The maximum Gasteiger partial charge on any atom is 0.311 e. The number of nitrogens with zero attached hydrogens (tertiary/aromatic N) is 3. The van der Waals surface area contributed by atoms with Crippen LogP contribution in [0.4, 0.5) is 11.5 Å². The highest BCUT2D eigenvalue weighted by molar-refractivity contribution is 5.91. The summed E-state index contributed by atoms with van der Waals surface area (Å²) in [5.41, 5.74) is 1.97. The molecule has 3 aromatic rings. The summed E-state index contributed by atoms with van der Waals surface area (Å²) in [4.78, 5) is 23.2. The van der Waals surface area contributed by atoms with Gasteiger partial charge >= 0.3 is 5.69 Å². The number of amides is 1. The Balaban J connectivity index is 1.80. The molecule has 0 bridgehead atoms. The Morgan fingerprint density at radius 2 is 1.87 bits per heavy atom. The Kier molecular flexibility index (Phi) is 5.86. The van der Waals surface area contributed by atoms with Crippen LogP contribution in [-0.4, -0.2) is 27.2 Å². The molecule has 0 atom stereocenters. The molecule has 0 aliphatic rings. The normalized spacial score (nSPS) is 11.2. The lowest BCUT2D eigenvalue weighted by Gasteiger charge is -2.14. The molecular formula is C22H24N4O4. The van der Waals surface area contributed by atoms with Gasteiger partial charge in [0, 0.05) is 17.5 Å². The quantitative estimate of drug-likeness (QED) is 0.481. The summed E-state index contributed by atoms with van der Waals surface area (Å²) in [5.74, 6) is 0.105. The molecule has 1 aromatic heterocycles. The Labute approximate surface area is 174 Å². The van der Waals surface area contributed by atoms with Crippen molar-refractivity contribution in [1.29, 1.82) is 0 Å². The number of rotatable bonds is 6. The van der Waals surface area contributed by atoms with Gasteiger partial charge in [0.1, 0.15) is 5.82 Å². The van der Waals surface area contributed by atoms with E-state index in [0.717, 1.165) is 16.9 Å². The molecule has 1 amide bonds. The molecule has 0 aliphatic carbocycles. The number of nitro groups is 1. The molecule has 1 heterocycles. The van der Waals surface area contributed by atoms with E-state index in [4.69, 9.17) is 4.74 Å². The zero-order valence-electron chi connectivity index (χ0n) is 17.4. The molecule has 8 nitrogen and oxygen atoms in total. The van der Waals surface area contributed by atoms with Crippen LogP contribution in [0.25, 0.3) is 5.69 Å². The predicted octanol–water partition coefficient (Wildman–Crippen LogP) is 4.40. The molecule has 0 unspecified atom stereocenters.